The van der Waals surface area contributed by atoms with Gasteiger partial charge in [-0.15, -0.1) is 0 Å². The summed E-state index contributed by atoms with van der Waals surface area (Å²) < 4.78 is 0. The maximum Gasteiger partial charge on any atom is 0.147 e. The summed E-state index contributed by atoms with van der Waals surface area (Å²) in [6.45, 7) is 5.94. The molecular weight excluding hydrogens is 296 g/mol. The quantitative estimate of drug-likeness (QED) is 0.922. The first kappa shape index (κ1) is 15.3. The van der Waals surface area contributed by atoms with Crippen LogP contribution in [0.2, 0.25) is 5.02 Å². The fourth-order valence-corrected chi connectivity index (χ4v) is 3.01. The van der Waals surface area contributed by atoms with E-state index in [-0.39, 0.29) is 5.54 Å². The lowest BCUT2D eigenvalue weighted by molar-refractivity contribution is 0.363. The maximum absolute atomic E-state index is 6.26. The standard InChI is InChI=1S/C17H21ClN4/c1-12-16(13-5-3-4-6-14(13)18)20-11-15(21-12)22-9-7-17(2,19)8-10-22/h3-6,11H,7-10,19H2,1-2H3. The fourth-order valence-electron chi connectivity index (χ4n) is 2.79. The van der Waals surface area contributed by atoms with Crippen LogP contribution >= 0.6 is 11.6 Å². The molecule has 0 amide bonds. The molecule has 1 aliphatic heterocycles. The van der Waals surface area contributed by atoms with Gasteiger partial charge in [-0.3, -0.25) is 4.98 Å². The van der Waals surface area contributed by atoms with Crippen molar-refractivity contribution in [1.29, 1.82) is 0 Å². The van der Waals surface area contributed by atoms with E-state index in [2.05, 4.69) is 16.8 Å². The summed E-state index contributed by atoms with van der Waals surface area (Å²) in [4.78, 5) is 11.6. The van der Waals surface area contributed by atoms with Crippen molar-refractivity contribution in [3.63, 3.8) is 0 Å². The van der Waals surface area contributed by atoms with Crippen LogP contribution in [0, 0.1) is 6.92 Å². The highest BCUT2D eigenvalue weighted by atomic mass is 35.5. The molecule has 2 aromatic rings. The van der Waals surface area contributed by atoms with E-state index < -0.39 is 0 Å². The van der Waals surface area contributed by atoms with Crippen LogP contribution in [0.15, 0.2) is 30.5 Å². The number of hydrogen-bond acceptors (Lipinski definition) is 4. The van der Waals surface area contributed by atoms with Crippen molar-refractivity contribution in [2.45, 2.75) is 32.2 Å². The molecule has 4 nitrogen and oxygen atoms in total. The Morgan fingerprint density at radius 1 is 1.23 bits per heavy atom. The van der Waals surface area contributed by atoms with Gasteiger partial charge in [-0.25, -0.2) is 4.98 Å². The monoisotopic (exact) mass is 316 g/mol. The molecule has 0 atom stereocenters. The van der Waals surface area contributed by atoms with Crippen molar-refractivity contribution < 1.29 is 0 Å². The zero-order valence-corrected chi connectivity index (χ0v) is 13.8. The van der Waals surface area contributed by atoms with E-state index in [1.165, 1.54) is 0 Å². The smallest absolute Gasteiger partial charge is 0.147 e. The van der Waals surface area contributed by atoms with E-state index in [0.29, 0.717) is 5.02 Å². The van der Waals surface area contributed by atoms with Gasteiger partial charge in [-0.2, -0.15) is 0 Å². The van der Waals surface area contributed by atoms with Crippen LogP contribution in [-0.2, 0) is 0 Å². The number of rotatable bonds is 2. The van der Waals surface area contributed by atoms with E-state index in [1.807, 2.05) is 37.4 Å². The number of benzene rings is 1. The minimum atomic E-state index is -0.0590. The van der Waals surface area contributed by atoms with Crippen molar-refractivity contribution in [1.82, 2.24) is 9.97 Å². The molecule has 1 aromatic heterocycles. The molecule has 1 fully saturated rings. The Labute approximate surface area is 136 Å². The van der Waals surface area contributed by atoms with Crippen molar-refractivity contribution >= 4 is 17.4 Å². The lowest BCUT2D eigenvalue weighted by Crippen LogP contribution is -2.48. The SMILES string of the molecule is Cc1nc(N2CCC(C)(N)CC2)cnc1-c1ccccc1Cl. The molecule has 0 bridgehead atoms. The van der Waals surface area contributed by atoms with Crippen molar-refractivity contribution in [3.8, 4) is 11.3 Å². The molecule has 116 valence electrons. The van der Waals surface area contributed by atoms with Gasteiger partial charge >= 0.3 is 0 Å². The Hall–Kier alpha value is -1.65. The zero-order valence-electron chi connectivity index (χ0n) is 13.0. The molecular formula is C17H21ClN4. The van der Waals surface area contributed by atoms with Crippen molar-refractivity contribution in [2.75, 3.05) is 18.0 Å². The number of halogens is 1. The summed E-state index contributed by atoms with van der Waals surface area (Å²) in [5, 5.41) is 0.699. The summed E-state index contributed by atoms with van der Waals surface area (Å²) in [6, 6.07) is 7.72. The van der Waals surface area contributed by atoms with Crippen LogP contribution in [0.1, 0.15) is 25.5 Å². The van der Waals surface area contributed by atoms with Gasteiger partial charge in [0.25, 0.3) is 0 Å². The fraction of sp³-hybridized carbons (Fsp3) is 0.412. The number of hydrogen-bond donors (Lipinski definition) is 1. The highest BCUT2D eigenvalue weighted by Gasteiger charge is 2.26. The van der Waals surface area contributed by atoms with Crippen LogP contribution in [0.5, 0.6) is 0 Å². The van der Waals surface area contributed by atoms with E-state index >= 15 is 0 Å². The lowest BCUT2D eigenvalue weighted by atomic mass is 9.91. The van der Waals surface area contributed by atoms with Crippen molar-refractivity contribution in [2.24, 2.45) is 5.73 Å². The first-order valence-electron chi connectivity index (χ1n) is 7.59. The third-order valence-corrected chi connectivity index (χ3v) is 4.62. The molecule has 1 saturated heterocycles. The van der Waals surface area contributed by atoms with Gasteiger partial charge in [0.1, 0.15) is 5.82 Å². The Morgan fingerprint density at radius 2 is 1.91 bits per heavy atom. The lowest BCUT2D eigenvalue weighted by Gasteiger charge is -2.37. The number of aryl methyl sites for hydroxylation is 1. The largest absolute Gasteiger partial charge is 0.355 e. The van der Waals surface area contributed by atoms with E-state index in [4.69, 9.17) is 22.3 Å². The van der Waals surface area contributed by atoms with Crippen LogP contribution in [0.4, 0.5) is 5.82 Å². The first-order valence-corrected chi connectivity index (χ1v) is 7.96. The molecule has 0 saturated carbocycles. The number of anilines is 1. The summed E-state index contributed by atoms with van der Waals surface area (Å²) in [5.41, 5.74) is 8.79. The molecule has 1 aliphatic rings. The normalized spacial score (nSPS) is 17.5. The van der Waals surface area contributed by atoms with Gasteiger partial charge < -0.3 is 10.6 Å². The van der Waals surface area contributed by atoms with E-state index in [0.717, 1.165) is 48.7 Å². The number of piperidine rings is 1. The zero-order chi connectivity index (χ0) is 15.7. The number of aromatic nitrogens is 2. The average Bonchev–Trinajstić information content (AvgIpc) is 2.48. The second kappa shape index (κ2) is 5.86. The molecule has 3 rings (SSSR count). The van der Waals surface area contributed by atoms with Gasteiger partial charge in [0.05, 0.1) is 22.6 Å². The molecule has 0 aliphatic carbocycles. The summed E-state index contributed by atoms with van der Waals surface area (Å²) in [7, 11) is 0. The van der Waals surface area contributed by atoms with Crippen LogP contribution in [-0.4, -0.2) is 28.6 Å². The Kier molecular flexibility index (Phi) is 4.06. The molecule has 0 radical (unpaired) electrons. The average molecular weight is 317 g/mol. The van der Waals surface area contributed by atoms with Crippen LogP contribution in [0.25, 0.3) is 11.3 Å². The molecule has 1 aromatic carbocycles. The van der Waals surface area contributed by atoms with Crippen LogP contribution in [0.3, 0.4) is 0 Å². The third-order valence-electron chi connectivity index (χ3n) is 4.29. The predicted molar refractivity (Wildman–Crippen MR) is 91.3 cm³/mol. The molecule has 0 unspecified atom stereocenters. The van der Waals surface area contributed by atoms with E-state index in [9.17, 15) is 0 Å². The molecule has 2 heterocycles. The molecule has 2 N–H and O–H groups in total. The third kappa shape index (κ3) is 3.08. The van der Waals surface area contributed by atoms with Crippen molar-refractivity contribution in [3.05, 3.63) is 41.2 Å². The Morgan fingerprint density at radius 3 is 2.55 bits per heavy atom. The Bertz CT molecular complexity index is 674. The predicted octanol–water partition coefficient (Wildman–Crippen LogP) is 3.42. The molecule has 5 heteroatoms. The number of nitrogens with two attached hydrogens (primary N) is 1. The van der Waals surface area contributed by atoms with Gasteiger partial charge in [-0.05, 0) is 32.8 Å². The number of nitrogens with zero attached hydrogens (tertiary/aromatic N) is 3. The Balaban J connectivity index is 1.86. The van der Waals surface area contributed by atoms with Gasteiger partial charge in [-0.1, -0.05) is 29.8 Å². The summed E-state index contributed by atoms with van der Waals surface area (Å²) >= 11 is 6.26. The second-order valence-corrected chi connectivity index (χ2v) is 6.69. The van der Waals surface area contributed by atoms with Gasteiger partial charge in [0.15, 0.2) is 0 Å². The molecule has 22 heavy (non-hydrogen) atoms. The van der Waals surface area contributed by atoms with Gasteiger partial charge in [0, 0.05) is 24.2 Å². The minimum absolute atomic E-state index is 0.0590. The highest BCUT2D eigenvalue weighted by Crippen LogP contribution is 2.29. The van der Waals surface area contributed by atoms with Crippen LogP contribution < -0.4 is 10.6 Å². The first-order chi connectivity index (χ1) is 10.5. The molecule has 0 spiro atoms. The minimum Gasteiger partial charge on any atom is -0.355 e. The van der Waals surface area contributed by atoms with Gasteiger partial charge in [0.2, 0.25) is 0 Å². The summed E-state index contributed by atoms with van der Waals surface area (Å²) in [5.74, 6) is 0.920. The van der Waals surface area contributed by atoms with E-state index in [1.54, 1.807) is 0 Å². The maximum atomic E-state index is 6.26. The summed E-state index contributed by atoms with van der Waals surface area (Å²) in [6.07, 6.45) is 3.78. The highest BCUT2D eigenvalue weighted by molar-refractivity contribution is 6.33. The topological polar surface area (TPSA) is 55.0 Å². The second-order valence-electron chi connectivity index (χ2n) is 6.28.